The maximum atomic E-state index is 4.35. The molecule has 1 N–H and O–H groups in total. The van der Waals surface area contributed by atoms with Crippen LogP contribution in [0.1, 0.15) is 17.6 Å². The molecular formula is C11H15N5. The molecule has 5 nitrogen and oxygen atoms in total. The molecule has 0 aliphatic heterocycles. The Morgan fingerprint density at radius 3 is 2.69 bits per heavy atom. The minimum absolute atomic E-state index is 0.108. The molecule has 1 unspecified atom stereocenters. The number of nitrogens with zero attached hydrogens (tertiary/aromatic N) is 4. The summed E-state index contributed by atoms with van der Waals surface area (Å²) in [5.74, 6) is 0.802. The molecule has 16 heavy (non-hydrogen) atoms. The van der Waals surface area contributed by atoms with Crippen LogP contribution < -0.4 is 5.32 Å². The summed E-state index contributed by atoms with van der Waals surface area (Å²) in [6.07, 6.45) is 6.24. The second-order valence-electron chi connectivity index (χ2n) is 3.63. The van der Waals surface area contributed by atoms with Crippen LogP contribution in [-0.4, -0.2) is 26.8 Å². The first kappa shape index (κ1) is 10.8. The lowest BCUT2D eigenvalue weighted by Crippen LogP contribution is -2.21. The van der Waals surface area contributed by atoms with Gasteiger partial charge in [0.2, 0.25) is 0 Å². The van der Waals surface area contributed by atoms with Crippen molar-refractivity contribution in [2.24, 2.45) is 7.05 Å². The number of aryl methyl sites for hydroxylation is 1. The van der Waals surface area contributed by atoms with E-state index in [9.17, 15) is 0 Å². The molecule has 5 heteroatoms. The Balaban J connectivity index is 2.12. The molecule has 0 bridgehead atoms. The summed E-state index contributed by atoms with van der Waals surface area (Å²) < 4.78 is 1.80. The summed E-state index contributed by atoms with van der Waals surface area (Å²) >= 11 is 0. The molecule has 0 aromatic carbocycles. The van der Waals surface area contributed by atoms with Gasteiger partial charge >= 0.3 is 0 Å². The third-order valence-electron chi connectivity index (χ3n) is 2.43. The van der Waals surface area contributed by atoms with Crippen LogP contribution in [0.3, 0.4) is 0 Å². The van der Waals surface area contributed by atoms with Gasteiger partial charge in [-0.1, -0.05) is 0 Å². The molecule has 2 aromatic heterocycles. The van der Waals surface area contributed by atoms with Crippen molar-refractivity contribution in [2.45, 2.75) is 12.5 Å². The molecule has 0 aliphatic carbocycles. The normalized spacial score (nSPS) is 12.6. The number of rotatable bonds is 4. The van der Waals surface area contributed by atoms with Gasteiger partial charge in [-0.25, -0.2) is 9.97 Å². The lowest BCUT2D eigenvalue weighted by atomic mass is 10.1. The SMILES string of the molecule is CNC(Cc1ccn(C)n1)c1ncccn1. The summed E-state index contributed by atoms with van der Waals surface area (Å²) in [5, 5.41) is 7.55. The molecule has 84 valence electrons. The second-order valence-corrected chi connectivity index (χ2v) is 3.63. The van der Waals surface area contributed by atoms with E-state index < -0.39 is 0 Å². The Bertz CT molecular complexity index is 437. The Morgan fingerprint density at radius 1 is 1.38 bits per heavy atom. The summed E-state index contributed by atoms with van der Waals surface area (Å²) in [6.45, 7) is 0. The molecule has 0 saturated carbocycles. The van der Waals surface area contributed by atoms with Gasteiger partial charge in [-0.3, -0.25) is 4.68 Å². The molecule has 2 rings (SSSR count). The quantitative estimate of drug-likeness (QED) is 0.819. The molecule has 0 saturated heterocycles. The number of likely N-dealkylation sites (N-methyl/N-ethyl adjacent to an activating group) is 1. The Labute approximate surface area is 94.5 Å². The van der Waals surface area contributed by atoms with Crippen molar-refractivity contribution in [3.05, 3.63) is 42.2 Å². The average Bonchev–Trinajstić information content (AvgIpc) is 2.73. The fraction of sp³-hybridized carbons (Fsp3) is 0.364. The first-order valence-corrected chi connectivity index (χ1v) is 5.22. The molecule has 1 atom stereocenters. The smallest absolute Gasteiger partial charge is 0.145 e. The molecule has 0 spiro atoms. The fourth-order valence-electron chi connectivity index (χ4n) is 1.59. The number of nitrogens with one attached hydrogen (secondary N) is 1. The van der Waals surface area contributed by atoms with Crippen LogP contribution in [0, 0.1) is 0 Å². The average molecular weight is 217 g/mol. The second kappa shape index (κ2) is 4.85. The van der Waals surface area contributed by atoms with E-state index in [-0.39, 0.29) is 6.04 Å². The van der Waals surface area contributed by atoms with Crippen molar-refractivity contribution in [3.8, 4) is 0 Å². The first-order chi connectivity index (χ1) is 7.79. The first-order valence-electron chi connectivity index (χ1n) is 5.22. The summed E-state index contributed by atoms with van der Waals surface area (Å²) in [6, 6.07) is 3.93. The predicted octanol–water partition coefficient (Wildman–Crippen LogP) is 0.713. The minimum atomic E-state index is 0.108. The molecule has 0 radical (unpaired) electrons. The van der Waals surface area contributed by atoms with E-state index in [1.165, 1.54) is 0 Å². The zero-order valence-electron chi connectivity index (χ0n) is 9.46. The highest BCUT2D eigenvalue weighted by Crippen LogP contribution is 2.12. The largest absolute Gasteiger partial charge is 0.310 e. The van der Waals surface area contributed by atoms with Crippen LogP contribution in [0.2, 0.25) is 0 Å². The van der Waals surface area contributed by atoms with Crippen molar-refractivity contribution < 1.29 is 0 Å². The molecule has 2 heterocycles. The van der Waals surface area contributed by atoms with Gasteiger partial charge < -0.3 is 5.32 Å². The van der Waals surface area contributed by atoms with Crippen LogP contribution in [0.5, 0.6) is 0 Å². The van der Waals surface area contributed by atoms with Gasteiger partial charge in [0.25, 0.3) is 0 Å². The van der Waals surface area contributed by atoms with Gasteiger partial charge in [0.1, 0.15) is 5.82 Å². The van der Waals surface area contributed by atoms with Crippen LogP contribution in [0.15, 0.2) is 30.7 Å². The molecular weight excluding hydrogens is 202 g/mol. The van der Waals surface area contributed by atoms with Crippen molar-refractivity contribution in [2.75, 3.05) is 7.05 Å². The minimum Gasteiger partial charge on any atom is -0.310 e. The molecule has 0 fully saturated rings. The zero-order chi connectivity index (χ0) is 11.4. The van der Waals surface area contributed by atoms with Gasteiger partial charge in [0.15, 0.2) is 0 Å². The van der Waals surface area contributed by atoms with Gasteiger partial charge in [0.05, 0.1) is 11.7 Å². The Kier molecular flexibility index (Phi) is 3.26. The summed E-state index contributed by atoms with van der Waals surface area (Å²) in [4.78, 5) is 8.49. The lowest BCUT2D eigenvalue weighted by molar-refractivity contribution is 0.546. The van der Waals surface area contributed by atoms with Crippen molar-refractivity contribution in [1.29, 1.82) is 0 Å². The van der Waals surface area contributed by atoms with Gasteiger partial charge in [-0.15, -0.1) is 0 Å². The van der Waals surface area contributed by atoms with Crippen LogP contribution in [-0.2, 0) is 13.5 Å². The van der Waals surface area contributed by atoms with E-state index in [2.05, 4.69) is 20.4 Å². The Morgan fingerprint density at radius 2 is 2.12 bits per heavy atom. The fourth-order valence-corrected chi connectivity index (χ4v) is 1.59. The van der Waals surface area contributed by atoms with Crippen molar-refractivity contribution in [1.82, 2.24) is 25.1 Å². The van der Waals surface area contributed by atoms with E-state index in [0.29, 0.717) is 0 Å². The van der Waals surface area contributed by atoms with Crippen molar-refractivity contribution in [3.63, 3.8) is 0 Å². The van der Waals surface area contributed by atoms with E-state index in [0.717, 1.165) is 17.9 Å². The summed E-state index contributed by atoms with van der Waals surface area (Å²) in [5.41, 5.74) is 1.04. The summed E-state index contributed by atoms with van der Waals surface area (Å²) in [7, 11) is 3.82. The van der Waals surface area contributed by atoms with Crippen LogP contribution >= 0.6 is 0 Å². The number of aromatic nitrogens is 4. The van der Waals surface area contributed by atoms with E-state index in [4.69, 9.17) is 0 Å². The van der Waals surface area contributed by atoms with E-state index in [1.807, 2.05) is 32.4 Å². The number of hydrogen-bond acceptors (Lipinski definition) is 4. The third kappa shape index (κ3) is 2.43. The van der Waals surface area contributed by atoms with Crippen molar-refractivity contribution >= 4 is 0 Å². The Hall–Kier alpha value is -1.75. The number of hydrogen-bond donors (Lipinski definition) is 1. The van der Waals surface area contributed by atoms with Crippen LogP contribution in [0.25, 0.3) is 0 Å². The van der Waals surface area contributed by atoms with E-state index in [1.54, 1.807) is 17.1 Å². The maximum Gasteiger partial charge on any atom is 0.145 e. The maximum absolute atomic E-state index is 4.35. The molecule has 0 amide bonds. The standard InChI is InChI=1S/C11H15N5/c1-12-10(11-13-5-3-6-14-11)8-9-4-7-16(2)15-9/h3-7,10,12H,8H2,1-2H3. The van der Waals surface area contributed by atoms with Crippen LogP contribution in [0.4, 0.5) is 0 Å². The van der Waals surface area contributed by atoms with Gasteiger partial charge in [-0.05, 0) is 19.2 Å². The highest BCUT2D eigenvalue weighted by molar-refractivity contribution is 5.06. The highest BCUT2D eigenvalue weighted by atomic mass is 15.2. The molecule has 0 aliphatic rings. The predicted molar refractivity (Wildman–Crippen MR) is 60.7 cm³/mol. The molecule has 2 aromatic rings. The lowest BCUT2D eigenvalue weighted by Gasteiger charge is -2.12. The monoisotopic (exact) mass is 217 g/mol. The van der Waals surface area contributed by atoms with Gasteiger partial charge in [0, 0.05) is 32.1 Å². The third-order valence-corrected chi connectivity index (χ3v) is 2.43. The topological polar surface area (TPSA) is 55.6 Å². The highest BCUT2D eigenvalue weighted by Gasteiger charge is 2.13. The zero-order valence-corrected chi connectivity index (χ0v) is 9.46. The van der Waals surface area contributed by atoms with Gasteiger partial charge in [-0.2, -0.15) is 5.10 Å². The van der Waals surface area contributed by atoms with E-state index >= 15 is 0 Å².